The molecule has 3 heterocycles. The van der Waals surface area contributed by atoms with Gasteiger partial charge in [-0.05, 0) is 71.9 Å². The zero-order chi connectivity index (χ0) is 50.3. The normalized spacial score (nSPS) is 7.42. The second-order valence-electron chi connectivity index (χ2n) is 15.2. The van der Waals surface area contributed by atoms with Crippen molar-refractivity contribution < 1.29 is 0 Å². The Labute approximate surface area is 381 Å². The summed E-state index contributed by atoms with van der Waals surface area (Å²) in [6, 6.07) is 17.1. The van der Waals surface area contributed by atoms with Crippen LogP contribution in [-0.4, -0.2) is 15.0 Å². The van der Waals surface area contributed by atoms with Gasteiger partial charge in [0.2, 0.25) is 0 Å². The van der Waals surface area contributed by atoms with Crippen molar-refractivity contribution in [1.29, 1.82) is 0 Å². The van der Waals surface area contributed by atoms with E-state index in [1.54, 1.807) is 37.2 Å². The molecule has 0 saturated carbocycles. The fraction of sp³-hybridized carbons (Fsp3) is 0.732. The lowest BCUT2D eigenvalue weighted by atomic mass is 10.3. The second kappa shape index (κ2) is 124. The Morgan fingerprint density at radius 2 is 0.322 bits per heavy atom. The Balaban J connectivity index is -0.0000000353. The summed E-state index contributed by atoms with van der Waals surface area (Å²) in [6.07, 6.45) is 14.4. The van der Waals surface area contributed by atoms with Crippen molar-refractivity contribution in [2.45, 2.75) is 241 Å². The molecule has 0 bridgehead atoms. The number of hydrogen-bond acceptors (Lipinski definition) is 3. The third kappa shape index (κ3) is 585. The lowest BCUT2D eigenvalue weighted by molar-refractivity contribution is 0.736. The summed E-state index contributed by atoms with van der Waals surface area (Å²) in [5.41, 5.74) is 0. The Bertz CT molecular complexity index is 537. The largest absolute Gasteiger partial charge is 0.265 e. The molecule has 0 unspecified atom stereocenters. The maximum absolute atomic E-state index is 3.78. The Morgan fingerprint density at radius 3 is 0.339 bits per heavy atom. The van der Waals surface area contributed by atoms with Crippen molar-refractivity contribution in [2.75, 3.05) is 0 Å². The highest BCUT2D eigenvalue weighted by Crippen LogP contribution is 1.83. The summed E-state index contributed by atoms with van der Waals surface area (Å²) in [5.74, 6) is 5.00. The fourth-order valence-electron chi connectivity index (χ4n) is 0.938. The smallest absolute Gasteiger partial charge is 0.0267 e. The average Bonchev–Trinajstić information content (AvgIpc) is 3.20. The minimum atomic E-state index is 0.833. The number of unbranched alkanes of at least 4 members (excludes halogenated alkanes) is 1. The molecule has 3 rings (SSSR count). The molecule has 0 amide bonds. The van der Waals surface area contributed by atoms with E-state index >= 15 is 0 Å². The SMILES string of the molecule is CC.CC.CC.CC.CC.CC(C)C.CC(C)C.CC(C)C.CC(C)C.CC(C)C.CC(C)C.CCC.CCCC.c1ccncc1.c1ccncc1.c1ccncc1. The van der Waals surface area contributed by atoms with Gasteiger partial charge < -0.3 is 0 Å². The van der Waals surface area contributed by atoms with Crippen LogP contribution in [0.1, 0.15) is 241 Å². The van der Waals surface area contributed by atoms with Crippen LogP contribution in [0.15, 0.2) is 91.8 Å². The molecule has 0 spiro atoms. The lowest BCUT2D eigenvalue weighted by Gasteiger charge is -1.79. The predicted octanol–water partition coefficient (Wildman–Crippen LogP) is 21.6. The molecule has 0 aromatic carbocycles. The van der Waals surface area contributed by atoms with Gasteiger partial charge in [0.05, 0.1) is 0 Å². The molecule has 0 N–H and O–H groups in total. The number of nitrogens with zero attached hydrogens (tertiary/aromatic N) is 3. The molecule has 3 aromatic rings. The molecule has 59 heavy (non-hydrogen) atoms. The van der Waals surface area contributed by atoms with E-state index in [9.17, 15) is 0 Å². The highest BCUT2D eigenvalue weighted by Gasteiger charge is 1.70. The van der Waals surface area contributed by atoms with Gasteiger partial charge in [0.15, 0.2) is 0 Å². The Hall–Kier alpha value is -2.55. The van der Waals surface area contributed by atoms with Crippen molar-refractivity contribution in [2.24, 2.45) is 35.5 Å². The van der Waals surface area contributed by atoms with Crippen LogP contribution < -0.4 is 0 Å². The van der Waals surface area contributed by atoms with E-state index < -0.39 is 0 Å². The van der Waals surface area contributed by atoms with Crippen molar-refractivity contribution in [3.8, 4) is 0 Å². The molecule has 0 aliphatic heterocycles. The molecule has 362 valence electrons. The lowest BCUT2D eigenvalue weighted by Crippen LogP contribution is -1.66. The number of pyridine rings is 3. The zero-order valence-corrected chi connectivity index (χ0v) is 47.6. The van der Waals surface area contributed by atoms with E-state index in [-0.39, 0.29) is 0 Å². The van der Waals surface area contributed by atoms with Gasteiger partial charge in [-0.15, -0.1) is 0 Å². The molecular formula is C56H123N3. The van der Waals surface area contributed by atoms with Crippen molar-refractivity contribution in [3.05, 3.63) is 91.8 Å². The van der Waals surface area contributed by atoms with E-state index in [0.29, 0.717) is 0 Å². The molecule has 0 fully saturated rings. The standard InChI is InChI=1S/3C5H5N.7C4H10.C3H8.5C2H6/c3*1-2-4-6-5-3-1;6*1-4(2)3;1-3-4-2;1-3-2;5*1-2/h3*1-5H;6*4H,1-3H3;3-4H2,1-2H3;3H2,1-2H3;5*1-2H3. The van der Waals surface area contributed by atoms with Gasteiger partial charge in [-0.25, -0.2) is 0 Å². The van der Waals surface area contributed by atoms with Crippen LogP contribution in [0.25, 0.3) is 0 Å². The monoisotopic (exact) mass is 838 g/mol. The van der Waals surface area contributed by atoms with E-state index in [1.807, 2.05) is 124 Å². The summed E-state index contributed by atoms with van der Waals surface area (Å²) in [5, 5.41) is 0. The summed E-state index contributed by atoms with van der Waals surface area (Å²) in [4.78, 5) is 11.4. The van der Waals surface area contributed by atoms with Crippen LogP contribution in [0.5, 0.6) is 0 Å². The van der Waals surface area contributed by atoms with Gasteiger partial charge in [0.1, 0.15) is 0 Å². The maximum atomic E-state index is 3.78. The van der Waals surface area contributed by atoms with Crippen LogP contribution in [-0.2, 0) is 0 Å². The first kappa shape index (κ1) is 91.9. The first-order chi connectivity index (χ1) is 27.7. The number of hydrogen-bond donors (Lipinski definition) is 0. The van der Waals surface area contributed by atoms with Crippen LogP contribution in [0.4, 0.5) is 0 Å². The Kier molecular flexibility index (Phi) is 193. The van der Waals surface area contributed by atoms with E-state index in [2.05, 4.69) is 167 Å². The number of aromatic nitrogens is 3. The minimum absolute atomic E-state index is 0.833. The van der Waals surface area contributed by atoms with Gasteiger partial charge >= 0.3 is 0 Å². The molecule has 0 saturated heterocycles. The highest BCUT2D eigenvalue weighted by molar-refractivity contribution is 4.89. The van der Waals surface area contributed by atoms with E-state index in [0.717, 1.165) is 35.5 Å². The predicted molar refractivity (Wildman–Crippen MR) is 289 cm³/mol. The van der Waals surface area contributed by atoms with Crippen LogP contribution >= 0.6 is 0 Å². The topological polar surface area (TPSA) is 38.7 Å². The maximum Gasteiger partial charge on any atom is 0.0267 e. The van der Waals surface area contributed by atoms with E-state index in [4.69, 9.17) is 0 Å². The van der Waals surface area contributed by atoms with Crippen molar-refractivity contribution in [3.63, 3.8) is 0 Å². The third-order valence-corrected chi connectivity index (χ3v) is 2.20. The highest BCUT2D eigenvalue weighted by atomic mass is 14.6. The van der Waals surface area contributed by atoms with Crippen molar-refractivity contribution >= 4 is 0 Å². The summed E-state index contributed by atoms with van der Waals surface area (Å²) in [7, 11) is 0. The first-order valence-electron chi connectivity index (χ1n) is 24.3. The quantitative estimate of drug-likeness (QED) is 0.245. The average molecular weight is 839 g/mol. The molecule has 0 aliphatic carbocycles. The van der Waals surface area contributed by atoms with Gasteiger partial charge in [0, 0.05) is 37.2 Å². The van der Waals surface area contributed by atoms with Gasteiger partial charge in [0.25, 0.3) is 0 Å². The molecule has 3 heteroatoms. The fourth-order valence-corrected chi connectivity index (χ4v) is 0.938. The molecule has 3 aromatic heterocycles. The first-order valence-corrected chi connectivity index (χ1v) is 24.3. The van der Waals surface area contributed by atoms with Gasteiger partial charge in [-0.1, -0.05) is 259 Å². The number of rotatable bonds is 1. The molecular weight excluding hydrogens is 715 g/mol. The van der Waals surface area contributed by atoms with E-state index in [1.165, 1.54) is 19.3 Å². The second-order valence-corrected chi connectivity index (χ2v) is 15.2. The summed E-state index contributed by atoms with van der Waals surface area (Å²) < 4.78 is 0. The van der Waals surface area contributed by atoms with Crippen molar-refractivity contribution in [1.82, 2.24) is 15.0 Å². The zero-order valence-electron chi connectivity index (χ0n) is 47.6. The molecule has 0 aliphatic rings. The minimum Gasteiger partial charge on any atom is -0.265 e. The summed E-state index contributed by atoms with van der Waals surface area (Å²) in [6.45, 7) is 67.6. The summed E-state index contributed by atoms with van der Waals surface area (Å²) >= 11 is 0. The van der Waals surface area contributed by atoms with Gasteiger partial charge in [-0.3, -0.25) is 15.0 Å². The van der Waals surface area contributed by atoms with Crippen LogP contribution in [0, 0.1) is 35.5 Å². The Morgan fingerprint density at radius 1 is 0.237 bits per heavy atom. The van der Waals surface area contributed by atoms with Crippen LogP contribution in [0.3, 0.4) is 0 Å². The molecule has 3 nitrogen and oxygen atoms in total. The third-order valence-electron chi connectivity index (χ3n) is 2.20. The molecule has 0 radical (unpaired) electrons. The van der Waals surface area contributed by atoms with Gasteiger partial charge in [-0.2, -0.15) is 0 Å². The van der Waals surface area contributed by atoms with Crippen LogP contribution in [0.2, 0.25) is 0 Å². The molecule has 0 atom stereocenters.